The quantitative estimate of drug-likeness (QED) is 0.901. The molecule has 124 valence electrons. The molecule has 1 N–H and O–H groups in total. The number of carbonyl (C=O) groups is 1. The Hall–Kier alpha value is -1.73. The van der Waals surface area contributed by atoms with Crippen molar-refractivity contribution in [2.24, 2.45) is 5.92 Å². The zero-order valence-electron chi connectivity index (χ0n) is 13.3. The molecule has 0 amide bonds. The van der Waals surface area contributed by atoms with Crippen LogP contribution < -0.4 is 5.56 Å². The van der Waals surface area contributed by atoms with Crippen molar-refractivity contribution >= 4 is 27.5 Å². The van der Waals surface area contributed by atoms with Crippen LogP contribution in [0, 0.1) is 5.92 Å². The highest BCUT2D eigenvalue weighted by Crippen LogP contribution is 2.35. The van der Waals surface area contributed by atoms with E-state index < -0.39 is 5.97 Å². The van der Waals surface area contributed by atoms with Crippen molar-refractivity contribution < 1.29 is 14.6 Å². The third-order valence-corrected chi connectivity index (χ3v) is 5.47. The Bertz CT molecular complexity index is 808. The highest BCUT2D eigenvalue weighted by molar-refractivity contribution is 7.18. The molecule has 1 aliphatic carbocycles. The lowest BCUT2D eigenvalue weighted by molar-refractivity contribution is -0.137. The van der Waals surface area contributed by atoms with Gasteiger partial charge in [-0.3, -0.25) is 14.2 Å². The number of thiophene rings is 1. The lowest BCUT2D eigenvalue weighted by Gasteiger charge is -2.17. The molecule has 0 saturated heterocycles. The van der Waals surface area contributed by atoms with Crippen molar-refractivity contribution in [3.05, 3.63) is 26.6 Å². The van der Waals surface area contributed by atoms with E-state index in [4.69, 9.17) is 9.84 Å². The van der Waals surface area contributed by atoms with Crippen LogP contribution in [0.4, 0.5) is 0 Å². The van der Waals surface area contributed by atoms with Gasteiger partial charge in [0.15, 0.2) is 0 Å². The maximum absolute atomic E-state index is 12.9. The van der Waals surface area contributed by atoms with Crippen LogP contribution in [0.1, 0.15) is 29.6 Å². The summed E-state index contributed by atoms with van der Waals surface area (Å²) in [5, 5.41) is 9.75. The van der Waals surface area contributed by atoms with E-state index in [2.05, 4.69) is 11.9 Å². The fourth-order valence-electron chi connectivity index (χ4n) is 3.15. The fourth-order valence-corrected chi connectivity index (χ4v) is 4.54. The molecule has 0 aliphatic heterocycles. The molecule has 0 bridgehead atoms. The van der Waals surface area contributed by atoms with Crippen molar-refractivity contribution in [1.82, 2.24) is 9.55 Å². The van der Waals surface area contributed by atoms with Crippen molar-refractivity contribution in [3.8, 4) is 0 Å². The summed E-state index contributed by atoms with van der Waals surface area (Å²) in [7, 11) is 1.57. The normalized spacial score (nSPS) is 17.4. The molecule has 0 fully saturated rings. The average Bonchev–Trinajstić information content (AvgIpc) is 2.85. The molecule has 2 heterocycles. The first-order chi connectivity index (χ1) is 11.0. The van der Waals surface area contributed by atoms with E-state index >= 15 is 0 Å². The van der Waals surface area contributed by atoms with Crippen LogP contribution in [0.15, 0.2) is 4.79 Å². The van der Waals surface area contributed by atoms with Crippen LogP contribution in [0.3, 0.4) is 0 Å². The molecular formula is C16H20N2O4S. The molecule has 1 aliphatic rings. The zero-order chi connectivity index (χ0) is 16.6. The Morgan fingerprint density at radius 1 is 1.52 bits per heavy atom. The second-order valence-corrected chi connectivity index (χ2v) is 7.17. The van der Waals surface area contributed by atoms with Crippen LogP contribution >= 0.6 is 11.3 Å². The Balaban J connectivity index is 2.19. The molecule has 3 rings (SSSR count). The van der Waals surface area contributed by atoms with Gasteiger partial charge < -0.3 is 9.84 Å². The van der Waals surface area contributed by atoms with Gasteiger partial charge in [0.2, 0.25) is 0 Å². The number of carboxylic acids is 1. The van der Waals surface area contributed by atoms with Gasteiger partial charge in [-0.2, -0.15) is 0 Å². The first-order valence-electron chi connectivity index (χ1n) is 7.76. The zero-order valence-corrected chi connectivity index (χ0v) is 14.1. The second-order valence-electron chi connectivity index (χ2n) is 6.09. The predicted octanol–water partition coefficient (Wildman–Crippen LogP) is 1.86. The molecular weight excluding hydrogens is 316 g/mol. The number of aromatic nitrogens is 2. The summed E-state index contributed by atoms with van der Waals surface area (Å²) in [6.45, 7) is 2.26. The van der Waals surface area contributed by atoms with Crippen molar-refractivity contribution in [1.29, 1.82) is 0 Å². The highest BCUT2D eigenvalue weighted by atomic mass is 32.1. The largest absolute Gasteiger partial charge is 0.480 e. The van der Waals surface area contributed by atoms with Gasteiger partial charge in [-0.05, 0) is 30.7 Å². The monoisotopic (exact) mass is 336 g/mol. The van der Waals surface area contributed by atoms with Crippen LogP contribution in [0.2, 0.25) is 0 Å². The number of fused-ring (bicyclic) bond motifs is 3. The summed E-state index contributed by atoms with van der Waals surface area (Å²) >= 11 is 1.58. The fraction of sp³-hybridized carbons (Fsp3) is 0.562. The van der Waals surface area contributed by atoms with Gasteiger partial charge in [0.1, 0.15) is 17.2 Å². The number of rotatable bonds is 5. The number of hydrogen-bond donors (Lipinski definition) is 1. The molecule has 0 spiro atoms. The van der Waals surface area contributed by atoms with E-state index in [0.29, 0.717) is 30.2 Å². The number of nitrogens with zero attached hydrogens (tertiary/aromatic N) is 2. The molecule has 1 atom stereocenters. The summed E-state index contributed by atoms with van der Waals surface area (Å²) in [5.74, 6) is 0.0628. The number of methoxy groups -OCH3 is 1. The Kier molecular flexibility index (Phi) is 4.50. The number of carboxylic acid groups (broad SMARTS) is 1. The Labute approximate surface area is 137 Å². The third-order valence-electron chi connectivity index (χ3n) is 4.32. The van der Waals surface area contributed by atoms with Crippen LogP contribution in [-0.4, -0.2) is 34.3 Å². The standard InChI is InChI=1S/C16H20N2O4S/c1-9-3-4-10-11(7-9)23-15-14(10)16(21)18(8-13(19)20)12(17-15)5-6-22-2/h9H,3-8H2,1-2H3,(H,19,20). The van der Waals surface area contributed by atoms with E-state index in [9.17, 15) is 9.59 Å². The van der Waals surface area contributed by atoms with Gasteiger partial charge in [0.25, 0.3) is 5.56 Å². The minimum absolute atomic E-state index is 0.226. The number of aliphatic carboxylic acids is 1. The first kappa shape index (κ1) is 16.1. The smallest absolute Gasteiger partial charge is 0.323 e. The predicted molar refractivity (Wildman–Crippen MR) is 88.3 cm³/mol. The molecule has 7 heteroatoms. The topological polar surface area (TPSA) is 81.4 Å². The van der Waals surface area contributed by atoms with Gasteiger partial charge in [-0.25, -0.2) is 4.98 Å². The van der Waals surface area contributed by atoms with Gasteiger partial charge in [-0.1, -0.05) is 6.92 Å². The maximum Gasteiger partial charge on any atom is 0.323 e. The van der Waals surface area contributed by atoms with Gasteiger partial charge >= 0.3 is 5.97 Å². The minimum atomic E-state index is -1.04. The number of ether oxygens (including phenoxy) is 1. The van der Waals surface area contributed by atoms with Crippen molar-refractivity contribution in [3.63, 3.8) is 0 Å². The van der Waals surface area contributed by atoms with E-state index in [-0.39, 0.29) is 12.1 Å². The van der Waals surface area contributed by atoms with Crippen molar-refractivity contribution in [2.45, 2.75) is 39.2 Å². The lowest BCUT2D eigenvalue weighted by Crippen LogP contribution is -2.29. The Morgan fingerprint density at radius 2 is 2.30 bits per heavy atom. The van der Waals surface area contributed by atoms with E-state index in [0.717, 1.165) is 29.7 Å². The van der Waals surface area contributed by atoms with Crippen LogP contribution in [0.25, 0.3) is 10.2 Å². The summed E-state index contributed by atoms with van der Waals surface area (Å²) in [4.78, 5) is 30.6. The average molecular weight is 336 g/mol. The molecule has 0 aromatic carbocycles. The first-order valence-corrected chi connectivity index (χ1v) is 8.57. The van der Waals surface area contributed by atoms with Crippen molar-refractivity contribution in [2.75, 3.05) is 13.7 Å². The van der Waals surface area contributed by atoms with Crippen LogP contribution in [-0.2, 0) is 35.3 Å². The Morgan fingerprint density at radius 3 is 3.00 bits per heavy atom. The molecule has 23 heavy (non-hydrogen) atoms. The third kappa shape index (κ3) is 3.03. The van der Waals surface area contributed by atoms with E-state index in [1.54, 1.807) is 18.4 Å². The lowest BCUT2D eigenvalue weighted by atomic mass is 9.89. The molecule has 0 radical (unpaired) electrons. The SMILES string of the molecule is COCCc1nc2sc3c(c2c(=O)n1CC(=O)O)CCC(C)C3. The van der Waals surface area contributed by atoms with E-state index in [1.807, 2.05) is 0 Å². The van der Waals surface area contributed by atoms with Gasteiger partial charge in [-0.15, -0.1) is 11.3 Å². The molecule has 2 aromatic heterocycles. The highest BCUT2D eigenvalue weighted by Gasteiger charge is 2.24. The van der Waals surface area contributed by atoms with Gasteiger partial charge in [0.05, 0.1) is 12.0 Å². The summed E-state index contributed by atoms with van der Waals surface area (Å²) in [6, 6.07) is 0. The van der Waals surface area contributed by atoms with Gasteiger partial charge in [0, 0.05) is 18.4 Å². The summed E-state index contributed by atoms with van der Waals surface area (Å²) in [6.07, 6.45) is 3.33. The van der Waals surface area contributed by atoms with Crippen LogP contribution in [0.5, 0.6) is 0 Å². The number of aryl methyl sites for hydroxylation is 1. The summed E-state index contributed by atoms with van der Waals surface area (Å²) < 4.78 is 6.34. The van der Waals surface area contributed by atoms with E-state index in [1.165, 1.54) is 9.44 Å². The molecule has 6 nitrogen and oxygen atoms in total. The maximum atomic E-state index is 12.9. The molecule has 1 unspecified atom stereocenters. The minimum Gasteiger partial charge on any atom is -0.480 e. The molecule has 2 aromatic rings. The number of hydrogen-bond acceptors (Lipinski definition) is 5. The molecule has 0 saturated carbocycles. The second kappa shape index (κ2) is 6.41. The summed E-state index contributed by atoms with van der Waals surface area (Å²) in [5.41, 5.74) is 0.855.